The number of esters is 1. The van der Waals surface area contributed by atoms with Crippen LogP contribution in [0, 0.1) is 11.3 Å². The highest BCUT2D eigenvalue weighted by Gasteiger charge is 2.28. The minimum Gasteiger partial charge on any atom is -0.456 e. The third-order valence-corrected chi connectivity index (χ3v) is 4.15. The van der Waals surface area contributed by atoms with E-state index >= 15 is 0 Å². The summed E-state index contributed by atoms with van der Waals surface area (Å²) in [6.45, 7) is 6.91. The molecule has 5 heteroatoms. The van der Waals surface area contributed by atoms with Gasteiger partial charge in [0.15, 0.2) is 5.57 Å². The Hall–Kier alpha value is -1.93. The number of thioether (sulfide) groups is 1. The van der Waals surface area contributed by atoms with Crippen molar-refractivity contribution in [2.45, 2.75) is 32.9 Å². The molecule has 22 heavy (non-hydrogen) atoms. The summed E-state index contributed by atoms with van der Waals surface area (Å²) in [6, 6.07) is 12.1. The van der Waals surface area contributed by atoms with Gasteiger partial charge >= 0.3 is 5.97 Å². The lowest BCUT2D eigenvalue weighted by Gasteiger charge is -2.22. The third-order valence-electron chi connectivity index (χ3n) is 3.03. The molecule has 2 rings (SSSR count). The van der Waals surface area contributed by atoms with E-state index in [9.17, 15) is 10.1 Å². The van der Waals surface area contributed by atoms with Gasteiger partial charge in [0, 0.05) is 18.8 Å². The lowest BCUT2D eigenvalue weighted by Crippen LogP contribution is -2.27. The minimum atomic E-state index is -0.604. The monoisotopic (exact) mass is 316 g/mol. The molecule has 1 heterocycles. The summed E-state index contributed by atoms with van der Waals surface area (Å²) in [5.41, 5.74) is 0.658. The molecule has 0 aliphatic carbocycles. The van der Waals surface area contributed by atoms with Crippen LogP contribution in [0.1, 0.15) is 26.3 Å². The maximum absolute atomic E-state index is 12.2. The molecule has 1 aromatic carbocycles. The molecule has 0 bridgehead atoms. The van der Waals surface area contributed by atoms with Crippen LogP contribution >= 0.6 is 11.8 Å². The largest absolute Gasteiger partial charge is 0.456 e. The van der Waals surface area contributed by atoms with Crippen molar-refractivity contribution in [2.24, 2.45) is 0 Å². The molecule has 0 saturated carbocycles. The Morgan fingerprint density at radius 1 is 1.36 bits per heavy atom. The van der Waals surface area contributed by atoms with Crippen molar-refractivity contribution in [1.82, 2.24) is 4.90 Å². The average Bonchev–Trinajstić information content (AvgIpc) is 2.87. The van der Waals surface area contributed by atoms with Gasteiger partial charge in [0.1, 0.15) is 11.7 Å². The SMILES string of the molecule is CC(C)(C)OC(=O)/C(C#N)=C1/SCCN1Cc1ccccc1. The first-order valence-electron chi connectivity index (χ1n) is 7.20. The fraction of sp³-hybridized carbons (Fsp3) is 0.412. The molecule has 1 saturated heterocycles. The number of nitrogens with zero attached hydrogens (tertiary/aromatic N) is 2. The molecule has 0 amide bonds. The molecule has 0 N–H and O–H groups in total. The van der Waals surface area contributed by atoms with Crippen LogP contribution in [0.5, 0.6) is 0 Å². The predicted octanol–water partition coefficient (Wildman–Crippen LogP) is 3.31. The molecule has 0 unspecified atom stereocenters. The first-order chi connectivity index (χ1) is 10.4. The zero-order valence-electron chi connectivity index (χ0n) is 13.1. The zero-order chi connectivity index (χ0) is 16.2. The number of carbonyl (C=O) groups excluding carboxylic acids is 1. The molecule has 0 spiro atoms. The first kappa shape index (κ1) is 16.4. The Morgan fingerprint density at radius 2 is 2.05 bits per heavy atom. The van der Waals surface area contributed by atoms with Gasteiger partial charge in [0.2, 0.25) is 0 Å². The number of ether oxygens (including phenoxy) is 1. The highest BCUT2D eigenvalue weighted by Crippen LogP contribution is 2.32. The molecular weight excluding hydrogens is 296 g/mol. The van der Waals surface area contributed by atoms with Gasteiger partial charge in [-0.1, -0.05) is 30.3 Å². The molecule has 0 radical (unpaired) electrons. The third kappa shape index (κ3) is 4.28. The molecule has 1 fully saturated rings. The van der Waals surface area contributed by atoms with Crippen LogP contribution in [-0.4, -0.2) is 28.8 Å². The summed E-state index contributed by atoms with van der Waals surface area (Å²) in [5.74, 6) is 0.327. The highest BCUT2D eigenvalue weighted by atomic mass is 32.2. The summed E-state index contributed by atoms with van der Waals surface area (Å²) >= 11 is 1.54. The predicted molar refractivity (Wildman–Crippen MR) is 87.8 cm³/mol. The van der Waals surface area contributed by atoms with Gasteiger partial charge in [-0.25, -0.2) is 4.79 Å². The van der Waals surface area contributed by atoms with E-state index in [1.807, 2.05) is 36.4 Å². The number of hydrogen-bond donors (Lipinski definition) is 0. The highest BCUT2D eigenvalue weighted by molar-refractivity contribution is 8.03. The van der Waals surface area contributed by atoms with E-state index in [4.69, 9.17) is 4.74 Å². The topological polar surface area (TPSA) is 53.3 Å². The molecule has 0 atom stereocenters. The van der Waals surface area contributed by atoms with Crippen LogP contribution in [0.4, 0.5) is 0 Å². The van der Waals surface area contributed by atoms with Gasteiger partial charge in [-0.2, -0.15) is 5.26 Å². The maximum atomic E-state index is 12.2. The van der Waals surface area contributed by atoms with Crippen LogP contribution < -0.4 is 0 Å². The quantitative estimate of drug-likeness (QED) is 0.486. The van der Waals surface area contributed by atoms with Gasteiger partial charge < -0.3 is 9.64 Å². The molecular formula is C17H20N2O2S. The lowest BCUT2D eigenvalue weighted by molar-refractivity contribution is -0.149. The molecule has 4 nitrogen and oxygen atoms in total. The summed E-state index contributed by atoms with van der Waals surface area (Å²) in [5, 5.41) is 10.1. The van der Waals surface area contributed by atoms with Gasteiger partial charge in [0.25, 0.3) is 0 Å². The molecule has 1 aromatic rings. The summed E-state index contributed by atoms with van der Waals surface area (Å²) in [7, 11) is 0. The second-order valence-electron chi connectivity index (χ2n) is 6.05. The Balaban J connectivity index is 2.22. The molecule has 1 aliphatic rings. The smallest absolute Gasteiger partial charge is 0.352 e. The normalized spacial score (nSPS) is 17.1. The second-order valence-corrected chi connectivity index (χ2v) is 7.13. The minimum absolute atomic E-state index is 0.105. The van der Waals surface area contributed by atoms with Crippen molar-refractivity contribution in [1.29, 1.82) is 5.26 Å². The summed E-state index contributed by atoms with van der Waals surface area (Å²) in [4.78, 5) is 14.3. The average molecular weight is 316 g/mol. The Morgan fingerprint density at radius 3 is 2.64 bits per heavy atom. The molecule has 0 aromatic heterocycles. The maximum Gasteiger partial charge on any atom is 0.352 e. The number of nitriles is 1. The lowest BCUT2D eigenvalue weighted by atomic mass is 10.2. The fourth-order valence-electron chi connectivity index (χ4n) is 2.14. The van der Waals surface area contributed by atoms with Gasteiger partial charge in [-0.15, -0.1) is 11.8 Å². The van der Waals surface area contributed by atoms with Crippen LogP contribution in [0.25, 0.3) is 0 Å². The van der Waals surface area contributed by atoms with Gasteiger partial charge in [-0.3, -0.25) is 0 Å². The van der Waals surface area contributed by atoms with Gasteiger partial charge in [-0.05, 0) is 26.3 Å². The van der Waals surface area contributed by atoms with Crippen molar-refractivity contribution in [3.05, 3.63) is 46.5 Å². The van der Waals surface area contributed by atoms with Crippen molar-refractivity contribution in [3.8, 4) is 6.07 Å². The van der Waals surface area contributed by atoms with Crippen LogP contribution in [0.3, 0.4) is 0 Å². The number of benzene rings is 1. The first-order valence-corrected chi connectivity index (χ1v) is 8.18. The summed E-state index contributed by atoms with van der Waals surface area (Å²) in [6.07, 6.45) is 0. The van der Waals surface area contributed by atoms with E-state index in [0.29, 0.717) is 6.54 Å². The summed E-state index contributed by atoms with van der Waals surface area (Å²) < 4.78 is 5.34. The van der Waals surface area contributed by atoms with Crippen LogP contribution in [-0.2, 0) is 16.1 Å². The van der Waals surface area contributed by atoms with E-state index in [-0.39, 0.29) is 5.57 Å². The van der Waals surface area contributed by atoms with Crippen LogP contribution in [0.2, 0.25) is 0 Å². The molecule has 1 aliphatic heterocycles. The second kappa shape index (κ2) is 6.89. The molecule has 116 valence electrons. The Kier molecular flexibility index (Phi) is 5.15. The standard InChI is InChI=1S/C17H20N2O2S/c1-17(2,3)21-16(20)14(11-18)15-19(9-10-22-15)12-13-7-5-4-6-8-13/h4-8H,9-10,12H2,1-3H3/b15-14+. The fourth-order valence-corrected chi connectivity index (χ4v) is 3.26. The van der Waals surface area contributed by atoms with E-state index in [0.717, 1.165) is 22.9 Å². The van der Waals surface area contributed by atoms with Crippen molar-refractivity contribution < 1.29 is 9.53 Å². The van der Waals surface area contributed by atoms with Gasteiger partial charge in [0.05, 0.1) is 5.03 Å². The van der Waals surface area contributed by atoms with E-state index < -0.39 is 11.6 Å². The number of carbonyl (C=O) groups is 1. The number of rotatable bonds is 3. The van der Waals surface area contributed by atoms with E-state index in [2.05, 4.69) is 4.90 Å². The zero-order valence-corrected chi connectivity index (χ0v) is 13.9. The van der Waals surface area contributed by atoms with Crippen molar-refractivity contribution in [2.75, 3.05) is 12.3 Å². The van der Waals surface area contributed by atoms with Crippen molar-refractivity contribution >= 4 is 17.7 Å². The van der Waals surface area contributed by atoms with E-state index in [1.165, 1.54) is 11.8 Å². The Bertz CT molecular complexity index is 612. The van der Waals surface area contributed by atoms with E-state index in [1.54, 1.807) is 20.8 Å². The number of hydrogen-bond acceptors (Lipinski definition) is 5. The Labute approximate surface area is 135 Å². The van der Waals surface area contributed by atoms with Crippen molar-refractivity contribution in [3.63, 3.8) is 0 Å². The van der Waals surface area contributed by atoms with Crippen LogP contribution in [0.15, 0.2) is 40.9 Å².